The maximum atomic E-state index is 12.8. The van der Waals surface area contributed by atoms with Crippen LogP contribution in [0.2, 0.25) is 0 Å². The first-order chi connectivity index (χ1) is 9.57. The summed E-state index contributed by atoms with van der Waals surface area (Å²) in [6.07, 6.45) is -4.40. The van der Waals surface area contributed by atoms with Crippen LogP contribution < -0.4 is 0 Å². The SMILES string of the molecule is CC(C)(C)c1ccc(-c2cc(C(F)(F)F)cc(=S)[nH]2)cc1. The topological polar surface area (TPSA) is 15.8 Å². The molecule has 1 aromatic heterocycles. The molecular formula is C16H16F3NS. The summed E-state index contributed by atoms with van der Waals surface area (Å²) in [6.45, 7) is 6.25. The molecule has 0 spiro atoms. The zero-order valence-corrected chi connectivity index (χ0v) is 12.8. The third-order valence-electron chi connectivity index (χ3n) is 3.23. The van der Waals surface area contributed by atoms with E-state index in [2.05, 4.69) is 25.8 Å². The molecule has 5 heteroatoms. The Morgan fingerprint density at radius 3 is 1.95 bits per heavy atom. The van der Waals surface area contributed by atoms with Crippen LogP contribution >= 0.6 is 12.2 Å². The minimum absolute atomic E-state index is 0.000756. The number of benzene rings is 1. The van der Waals surface area contributed by atoms with Gasteiger partial charge in [0.2, 0.25) is 0 Å². The van der Waals surface area contributed by atoms with E-state index >= 15 is 0 Å². The third-order valence-corrected chi connectivity index (χ3v) is 3.45. The Balaban J connectivity index is 2.48. The fraction of sp³-hybridized carbons (Fsp3) is 0.312. The van der Waals surface area contributed by atoms with Crippen LogP contribution in [-0.2, 0) is 11.6 Å². The predicted octanol–water partition coefficient (Wildman–Crippen LogP) is 5.73. The highest BCUT2D eigenvalue weighted by Gasteiger charge is 2.31. The lowest BCUT2D eigenvalue weighted by Gasteiger charge is -2.19. The number of pyridine rings is 1. The molecule has 0 aliphatic rings. The lowest BCUT2D eigenvalue weighted by atomic mass is 9.86. The lowest BCUT2D eigenvalue weighted by Crippen LogP contribution is -2.10. The Hall–Kier alpha value is -1.62. The van der Waals surface area contributed by atoms with Crippen LogP contribution in [0, 0.1) is 4.64 Å². The number of rotatable bonds is 1. The van der Waals surface area contributed by atoms with Crippen molar-refractivity contribution in [3.8, 4) is 11.3 Å². The molecule has 1 heterocycles. The quantitative estimate of drug-likeness (QED) is 0.665. The van der Waals surface area contributed by atoms with Crippen molar-refractivity contribution >= 4 is 12.2 Å². The summed E-state index contributed by atoms with van der Waals surface area (Å²) in [5.74, 6) is 0. The standard InChI is InChI=1S/C16H16F3NS/c1-15(2,3)11-6-4-10(5-7-11)13-8-12(16(17,18)19)9-14(21)20-13/h4-9H,1-3H3,(H,20,21). The summed E-state index contributed by atoms with van der Waals surface area (Å²) < 4.78 is 38.5. The van der Waals surface area contributed by atoms with Crippen LogP contribution in [0.3, 0.4) is 0 Å². The molecule has 21 heavy (non-hydrogen) atoms. The summed E-state index contributed by atoms with van der Waals surface area (Å²) in [7, 11) is 0. The molecule has 2 rings (SSSR count). The van der Waals surface area contributed by atoms with Gasteiger partial charge in [-0.2, -0.15) is 13.2 Å². The number of nitrogens with one attached hydrogen (secondary N) is 1. The minimum Gasteiger partial charge on any atom is -0.346 e. The van der Waals surface area contributed by atoms with E-state index in [1.807, 2.05) is 12.1 Å². The van der Waals surface area contributed by atoms with Gasteiger partial charge in [0.15, 0.2) is 0 Å². The van der Waals surface area contributed by atoms with Gasteiger partial charge in [-0.15, -0.1) is 0 Å². The van der Waals surface area contributed by atoms with E-state index < -0.39 is 11.7 Å². The van der Waals surface area contributed by atoms with Crippen LogP contribution in [0.1, 0.15) is 31.9 Å². The number of hydrogen-bond donors (Lipinski definition) is 1. The molecule has 1 aromatic carbocycles. The summed E-state index contributed by atoms with van der Waals surface area (Å²) in [5.41, 5.74) is 1.44. The first-order valence-electron chi connectivity index (χ1n) is 6.50. The van der Waals surface area contributed by atoms with Crippen LogP contribution in [0.5, 0.6) is 0 Å². The van der Waals surface area contributed by atoms with Gasteiger partial charge in [0, 0.05) is 5.69 Å². The smallest absolute Gasteiger partial charge is 0.346 e. The first kappa shape index (κ1) is 15.8. The zero-order chi connectivity index (χ0) is 15.8. The number of hydrogen-bond acceptors (Lipinski definition) is 1. The van der Waals surface area contributed by atoms with E-state index in [1.165, 1.54) is 0 Å². The van der Waals surface area contributed by atoms with Crippen LogP contribution in [0.25, 0.3) is 11.3 Å². The Labute approximate surface area is 126 Å². The highest BCUT2D eigenvalue weighted by Crippen LogP contribution is 2.32. The predicted molar refractivity (Wildman–Crippen MR) is 80.8 cm³/mol. The lowest BCUT2D eigenvalue weighted by molar-refractivity contribution is -0.137. The molecule has 0 amide bonds. The van der Waals surface area contributed by atoms with E-state index in [0.29, 0.717) is 11.3 Å². The number of alkyl halides is 3. The van der Waals surface area contributed by atoms with Crippen molar-refractivity contribution in [2.45, 2.75) is 32.4 Å². The highest BCUT2D eigenvalue weighted by molar-refractivity contribution is 7.71. The molecule has 0 unspecified atom stereocenters. The van der Waals surface area contributed by atoms with E-state index in [-0.39, 0.29) is 10.1 Å². The van der Waals surface area contributed by atoms with Crippen LogP contribution in [0.4, 0.5) is 13.2 Å². The van der Waals surface area contributed by atoms with E-state index in [9.17, 15) is 13.2 Å². The second-order valence-corrected chi connectivity index (χ2v) is 6.41. The van der Waals surface area contributed by atoms with Crippen molar-refractivity contribution in [1.29, 1.82) is 0 Å². The van der Waals surface area contributed by atoms with Crippen molar-refractivity contribution in [2.75, 3.05) is 0 Å². The van der Waals surface area contributed by atoms with E-state index in [1.54, 1.807) is 12.1 Å². The molecule has 1 N–H and O–H groups in total. The zero-order valence-electron chi connectivity index (χ0n) is 12.0. The van der Waals surface area contributed by atoms with Crippen molar-refractivity contribution in [1.82, 2.24) is 4.98 Å². The molecule has 0 fully saturated rings. The third kappa shape index (κ3) is 3.73. The van der Waals surface area contributed by atoms with Gasteiger partial charge in [-0.3, -0.25) is 0 Å². The average molecular weight is 311 g/mol. The monoisotopic (exact) mass is 311 g/mol. The second kappa shape index (κ2) is 5.30. The van der Waals surface area contributed by atoms with Gasteiger partial charge in [-0.05, 0) is 28.7 Å². The Kier molecular flexibility index (Phi) is 3.97. The van der Waals surface area contributed by atoms with Gasteiger partial charge in [-0.25, -0.2) is 0 Å². The maximum absolute atomic E-state index is 12.8. The Bertz CT molecular complexity index is 691. The van der Waals surface area contributed by atoms with Gasteiger partial charge >= 0.3 is 6.18 Å². The maximum Gasteiger partial charge on any atom is 0.416 e. The summed E-state index contributed by atoms with van der Waals surface area (Å²) in [4.78, 5) is 2.81. The molecule has 112 valence electrons. The molecule has 0 bridgehead atoms. The van der Waals surface area contributed by atoms with E-state index in [0.717, 1.165) is 17.7 Å². The number of halogens is 3. The van der Waals surface area contributed by atoms with Gasteiger partial charge in [-0.1, -0.05) is 57.3 Å². The van der Waals surface area contributed by atoms with Crippen molar-refractivity contribution in [3.05, 3.63) is 52.2 Å². The molecule has 2 aromatic rings. The Morgan fingerprint density at radius 2 is 1.48 bits per heavy atom. The first-order valence-corrected chi connectivity index (χ1v) is 6.91. The molecule has 0 saturated carbocycles. The summed E-state index contributed by atoms with van der Waals surface area (Å²) >= 11 is 4.89. The van der Waals surface area contributed by atoms with Crippen molar-refractivity contribution < 1.29 is 13.2 Å². The minimum atomic E-state index is -4.40. The largest absolute Gasteiger partial charge is 0.416 e. The molecule has 0 aliphatic carbocycles. The Morgan fingerprint density at radius 1 is 0.905 bits per heavy atom. The highest BCUT2D eigenvalue weighted by atomic mass is 32.1. The number of H-pyrrole nitrogens is 1. The normalized spacial score (nSPS) is 12.5. The van der Waals surface area contributed by atoms with Gasteiger partial charge in [0.25, 0.3) is 0 Å². The molecular weight excluding hydrogens is 295 g/mol. The fourth-order valence-corrected chi connectivity index (χ4v) is 2.25. The van der Waals surface area contributed by atoms with E-state index in [4.69, 9.17) is 12.2 Å². The van der Waals surface area contributed by atoms with Gasteiger partial charge < -0.3 is 4.98 Å². The summed E-state index contributed by atoms with van der Waals surface area (Å²) in [6, 6.07) is 9.48. The molecule has 1 nitrogen and oxygen atoms in total. The molecule has 0 aliphatic heterocycles. The number of aromatic amines is 1. The van der Waals surface area contributed by atoms with Crippen LogP contribution in [-0.4, -0.2) is 4.98 Å². The molecule has 0 atom stereocenters. The fourth-order valence-electron chi connectivity index (χ4n) is 2.01. The molecule has 0 saturated heterocycles. The summed E-state index contributed by atoms with van der Waals surface area (Å²) in [5, 5.41) is 0. The molecule has 0 radical (unpaired) electrons. The van der Waals surface area contributed by atoms with Gasteiger partial charge in [0.1, 0.15) is 4.64 Å². The number of aromatic nitrogens is 1. The average Bonchev–Trinajstić information content (AvgIpc) is 2.36. The second-order valence-electron chi connectivity index (χ2n) is 5.97. The van der Waals surface area contributed by atoms with Gasteiger partial charge in [0.05, 0.1) is 5.56 Å². The van der Waals surface area contributed by atoms with Crippen molar-refractivity contribution in [2.24, 2.45) is 0 Å². The van der Waals surface area contributed by atoms with Crippen LogP contribution in [0.15, 0.2) is 36.4 Å². The van der Waals surface area contributed by atoms with Crippen molar-refractivity contribution in [3.63, 3.8) is 0 Å².